The number of benzene rings is 1. The quantitative estimate of drug-likeness (QED) is 0.777. The number of allylic oxidation sites excluding steroid dienone is 2. The first-order chi connectivity index (χ1) is 7.27. The lowest BCUT2D eigenvalue weighted by Crippen LogP contribution is -2.29. The van der Waals surface area contributed by atoms with Gasteiger partial charge in [0.05, 0.1) is 10.5 Å². The molecule has 1 aliphatic heterocycles. The van der Waals surface area contributed by atoms with Crippen LogP contribution in [-0.4, -0.2) is 11.9 Å². The molecule has 2 atom stereocenters. The van der Waals surface area contributed by atoms with Crippen molar-refractivity contribution in [2.45, 2.75) is 17.4 Å². The molecule has 2 unspecified atom stereocenters. The Hall–Kier alpha value is -0.930. The smallest absolute Gasteiger partial charge is 0.114 e. The molecule has 0 amide bonds. The fourth-order valence-corrected chi connectivity index (χ4v) is 2.44. The van der Waals surface area contributed by atoms with Gasteiger partial charge in [-0.15, -0.1) is 0 Å². The number of nitrogens with two attached hydrogens (primary N) is 1. The van der Waals surface area contributed by atoms with Crippen LogP contribution in [0.5, 0.6) is 0 Å². The molecule has 2 nitrogen and oxygen atoms in total. The first kappa shape index (κ1) is 9.31. The second-order valence-corrected chi connectivity index (χ2v) is 4.88. The Kier molecular flexibility index (Phi) is 2.04. The van der Waals surface area contributed by atoms with E-state index < -0.39 is 0 Å². The van der Waals surface area contributed by atoms with Gasteiger partial charge in [0.2, 0.25) is 0 Å². The highest BCUT2D eigenvalue weighted by Crippen LogP contribution is 2.37. The maximum Gasteiger partial charge on any atom is 0.114 e. The van der Waals surface area contributed by atoms with Crippen molar-refractivity contribution in [1.82, 2.24) is 0 Å². The standard InChI is InChI=1S/C12H11BrN2/c13-10-8-3-1-2-4-9(8)11(7-5-6-7)15-12(10)14/h1-5,10,12H,6,14H2. The van der Waals surface area contributed by atoms with E-state index in [0.717, 1.165) is 12.1 Å². The van der Waals surface area contributed by atoms with Crippen molar-refractivity contribution in [2.24, 2.45) is 10.7 Å². The molecule has 2 N–H and O–H groups in total. The zero-order chi connectivity index (χ0) is 10.4. The minimum Gasteiger partial charge on any atom is -0.309 e. The largest absolute Gasteiger partial charge is 0.309 e. The van der Waals surface area contributed by atoms with Crippen LogP contribution >= 0.6 is 15.9 Å². The number of alkyl halides is 1. The number of nitrogens with zero attached hydrogens (tertiary/aromatic N) is 1. The highest BCUT2D eigenvalue weighted by atomic mass is 79.9. The third-order valence-corrected chi connectivity index (χ3v) is 3.84. The molecule has 1 aliphatic carbocycles. The summed E-state index contributed by atoms with van der Waals surface area (Å²) in [5, 5.41) is 0. The van der Waals surface area contributed by atoms with Crippen LogP contribution in [-0.2, 0) is 0 Å². The van der Waals surface area contributed by atoms with Crippen LogP contribution in [0.15, 0.2) is 40.9 Å². The van der Waals surface area contributed by atoms with Gasteiger partial charge < -0.3 is 5.73 Å². The molecular formula is C12H11BrN2. The van der Waals surface area contributed by atoms with Crippen molar-refractivity contribution in [1.29, 1.82) is 0 Å². The number of aliphatic imine (C=N–C) groups is 1. The van der Waals surface area contributed by atoms with Gasteiger partial charge in [0.25, 0.3) is 0 Å². The van der Waals surface area contributed by atoms with E-state index >= 15 is 0 Å². The molecule has 1 heterocycles. The second-order valence-electron chi connectivity index (χ2n) is 3.89. The monoisotopic (exact) mass is 262 g/mol. The average molecular weight is 263 g/mol. The summed E-state index contributed by atoms with van der Waals surface area (Å²) in [6.45, 7) is 0. The Balaban J connectivity index is 2.17. The van der Waals surface area contributed by atoms with Crippen molar-refractivity contribution < 1.29 is 0 Å². The Morgan fingerprint density at radius 2 is 2.07 bits per heavy atom. The first-order valence-corrected chi connectivity index (χ1v) is 5.95. The molecule has 2 aliphatic rings. The third kappa shape index (κ3) is 1.46. The Bertz CT molecular complexity index is 476. The molecule has 0 saturated heterocycles. The van der Waals surface area contributed by atoms with Gasteiger partial charge in [0.15, 0.2) is 0 Å². The average Bonchev–Trinajstić information content (AvgIpc) is 3.07. The molecule has 0 spiro atoms. The van der Waals surface area contributed by atoms with E-state index in [-0.39, 0.29) is 11.0 Å². The Morgan fingerprint density at radius 3 is 2.80 bits per heavy atom. The van der Waals surface area contributed by atoms with Gasteiger partial charge in [-0.25, -0.2) is 0 Å². The predicted molar refractivity (Wildman–Crippen MR) is 65.3 cm³/mol. The van der Waals surface area contributed by atoms with Crippen molar-refractivity contribution >= 4 is 21.6 Å². The van der Waals surface area contributed by atoms with Crippen LogP contribution in [0.2, 0.25) is 0 Å². The van der Waals surface area contributed by atoms with Crippen LogP contribution in [0.1, 0.15) is 22.4 Å². The van der Waals surface area contributed by atoms with Crippen LogP contribution in [0.4, 0.5) is 0 Å². The lowest BCUT2D eigenvalue weighted by molar-refractivity contribution is 0.689. The Labute approximate surface area is 97.0 Å². The number of halogens is 1. The molecule has 0 bridgehead atoms. The lowest BCUT2D eigenvalue weighted by atomic mass is 9.95. The van der Waals surface area contributed by atoms with Crippen LogP contribution in [0.25, 0.3) is 0 Å². The van der Waals surface area contributed by atoms with Crippen molar-refractivity contribution in [3.8, 4) is 0 Å². The van der Waals surface area contributed by atoms with Crippen molar-refractivity contribution in [3.63, 3.8) is 0 Å². The van der Waals surface area contributed by atoms with Gasteiger partial charge >= 0.3 is 0 Å². The number of hydrogen-bond acceptors (Lipinski definition) is 2. The molecule has 0 radical (unpaired) electrons. The van der Waals surface area contributed by atoms with Gasteiger partial charge in [-0.1, -0.05) is 46.3 Å². The zero-order valence-corrected chi connectivity index (χ0v) is 9.74. The molecule has 76 valence electrons. The van der Waals surface area contributed by atoms with E-state index in [1.807, 2.05) is 12.1 Å². The summed E-state index contributed by atoms with van der Waals surface area (Å²) in [6.07, 6.45) is 3.08. The molecule has 15 heavy (non-hydrogen) atoms. The predicted octanol–water partition coefficient (Wildman–Crippen LogP) is 2.54. The van der Waals surface area contributed by atoms with Crippen molar-refractivity contribution in [2.75, 3.05) is 0 Å². The highest BCUT2D eigenvalue weighted by molar-refractivity contribution is 9.09. The normalized spacial score (nSPS) is 27.9. The van der Waals surface area contributed by atoms with E-state index in [1.54, 1.807) is 0 Å². The SMILES string of the molecule is NC1N=C(C2=CC2)c2ccccc2C1Br. The van der Waals surface area contributed by atoms with Gasteiger partial charge in [0.1, 0.15) is 6.17 Å². The summed E-state index contributed by atoms with van der Waals surface area (Å²) in [4.78, 5) is 4.68. The molecule has 0 aromatic heterocycles. The van der Waals surface area contributed by atoms with Crippen LogP contribution < -0.4 is 5.73 Å². The molecular weight excluding hydrogens is 252 g/mol. The van der Waals surface area contributed by atoms with Gasteiger partial charge in [0, 0.05) is 5.56 Å². The number of fused-ring (bicyclic) bond motifs is 1. The summed E-state index contributed by atoms with van der Waals surface area (Å²) in [5.41, 5.74) is 10.9. The van der Waals surface area contributed by atoms with Gasteiger partial charge in [-0.2, -0.15) is 0 Å². The Morgan fingerprint density at radius 1 is 1.33 bits per heavy atom. The van der Waals surface area contributed by atoms with E-state index in [9.17, 15) is 0 Å². The van der Waals surface area contributed by atoms with Gasteiger partial charge in [-0.05, 0) is 17.6 Å². The lowest BCUT2D eigenvalue weighted by Gasteiger charge is -2.25. The topological polar surface area (TPSA) is 38.4 Å². The summed E-state index contributed by atoms with van der Waals surface area (Å²) < 4.78 is 0. The zero-order valence-electron chi connectivity index (χ0n) is 8.15. The van der Waals surface area contributed by atoms with Crippen LogP contribution in [0, 0.1) is 0 Å². The summed E-state index contributed by atoms with van der Waals surface area (Å²) in [6, 6.07) is 8.33. The number of hydrogen-bond donors (Lipinski definition) is 1. The van der Waals surface area contributed by atoms with E-state index in [2.05, 4.69) is 39.1 Å². The maximum atomic E-state index is 5.99. The summed E-state index contributed by atoms with van der Waals surface area (Å²) in [5.74, 6) is 0. The minimum absolute atomic E-state index is 0.136. The molecule has 0 saturated carbocycles. The third-order valence-electron chi connectivity index (χ3n) is 2.80. The van der Waals surface area contributed by atoms with Crippen LogP contribution in [0.3, 0.4) is 0 Å². The molecule has 1 aromatic carbocycles. The highest BCUT2D eigenvalue weighted by Gasteiger charge is 2.29. The fraction of sp³-hybridized carbons (Fsp3) is 0.250. The van der Waals surface area contributed by atoms with Gasteiger partial charge in [-0.3, -0.25) is 4.99 Å². The first-order valence-electron chi connectivity index (χ1n) is 5.03. The summed E-state index contributed by atoms with van der Waals surface area (Å²) in [7, 11) is 0. The summed E-state index contributed by atoms with van der Waals surface area (Å²) >= 11 is 3.60. The fourth-order valence-electron chi connectivity index (χ4n) is 1.92. The molecule has 0 fully saturated rings. The molecule has 3 rings (SSSR count). The van der Waals surface area contributed by atoms with E-state index in [0.29, 0.717) is 0 Å². The maximum absolute atomic E-state index is 5.99. The van der Waals surface area contributed by atoms with Crippen molar-refractivity contribution in [3.05, 3.63) is 47.0 Å². The van der Waals surface area contributed by atoms with E-state index in [1.165, 1.54) is 16.7 Å². The second kappa shape index (κ2) is 3.29. The number of rotatable bonds is 1. The minimum atomic E-state index is -0.170. The van der Waals surface area contributed by atoms with E-state index in [4.69, 9.17) is 5.73 Å². The molecule has 3 heteroatoms. The molecule has 1 aromatic rings.